The van der Waals surface area contributed by atoms with Crippen molar-refractivity contribution in [1.29, 1.82) is 0 Å². The Balaban J connectivity index is 2.40. The van der Waals surface area contributed by atoms with Crippen molar-refractivity contribution in [3.63, 3.8) is 0 Å². The number of benzene rings is 1. The third kappa shape index (κ3) is 2.01. The van der Waals surface area contributed by atoms with Gasteiger partial charge < -0.3 is 9.84 Å². The molecule has 0 amide bonds. The second kappa shape index (κ2) is 4.25. The van der Waals surface area contributed by atoms with Crippen LogP contribution in [0.2, 0.25) is 5.02 Å². The van der Waals surface area contributed by atoms with E-state index in [2.05, 4.69) is 0 Å². The molecule has 0 saturated carbocycles. The van der Waals surface area contributed by atoms with E-state index in [1.807, 2.05) is 25.1 Å². The number of hydrogen-bond donors (Lipinski definition) is 1. The molecular weight excluding hydrogens is 212 g/mol. The van der Waals surface area contributed by atoms with E-state index in [0.29, 0.717) is 18.2 Å². The first kappa shape index (κ1) is 10.5. The number of hydrogen-bond acceptors (Lipinski definition) is 2. The van der Waals surface area contributed by atoms with Crippen LogP contribution in [0, 0.1) is 0 Å². The van der Waals surface area contributed by atoms with Gasteiger partial charge in [0.1, 0.15) is 5.75 Å². The Kier molecular flexibility index (Phi) is 2.98. The van der Waals surface area contributed by atoms with Gasteiger partial charge in [0, 0.05) is 11.5 Å². The average molecular weight is 225 g/mol. The highest BCUT2D eigenvalue weighted by atomic mass is 35.5. The van der Waals surface area contributed by atoms with Gasteiger partial charge >= 0.3 is 0 Å². The second-order valence-corrected chi connectivity index (χ2v) is 4.12. The van der Waals surface area contributed by atoms with Gasteiger partial charge in [0.15, 0.2) is 0 Å². The molecule has 0 bridgehead atoms. The third-order valence-corrected chi connectivity index (χ3v) is 3.06. The minimum Gasteiger partial charge on any atom is -0.506 e. The lowest BCUT2D eigenvalue weighted by Crippen LogP contribution is -2.15. The molecule has 0 aliphatic carbocycles. The van der Waals surface area contributed by atoms with Gasteiger partial charge in [0.25, 0.3) is 0 Å². The van der Waals surface area contributed by atoms with Crippen molar-refractivity contribution >= 4 is 11.6 Å². The number of para-hydroxylation sites is 1. The maximum Gasteiger partial charge on any atom is 0.138 e. The van der Waals surface area contributed by atoms with Crippen molar-refractivity contribution in [2.75, 3.05) is 13.2 Å². The summed E-state index contributed by atoms with van der Waals surface area (Å²) in [5.74, 6) is 0.292. The molecule has 0 fully saturated rings. The molecule has 1 aromatic rings. The predicted molar refractivity (Wildman–Crippen MR) is 60.4 cm³/mol. The molecule has 1 aromatic carbocycles. The minimum absolute atomic E-state index is 0.123. The van der Waals surface area contributed by atoms with Crippen molar-refractivity contribution in [2.45, 2.75) is 12.8 Å². The summed E-state index contributed by atoms with van der Waals surface area (Å²) >= 11 is 5.87. The Labute approximate surface area is 94.1 Å². The summed E-state index contributed by atoms with van der Waals surface area (Å²) in [6, 6.07) is 5.42. The fourth-order valence-electron chi connectivity index (χ4n) is 1.80. The topological polar surface area (TPSA) is 29.5 Å². The first-order valence-electron chi connectivity index (χ1n) is 4.92. The van der Waals surface area contributed by atoms with Crippen LogP contribution in [0.25, 0.3) is 0 Å². The monoisotopic (exact) mass is 224 g/mol. The minimum atomic E-state index is 0.123. The Morgan fingerprint density at radius 2 is 2.27 bits per heavy atom. The van der Waals surface area contributed by atoms with E-state index in [-0.39, 0.29) is 11.7 Å². The molecule has 0 saturated heterocycles. The zero-order valence-electron chi connectivity index (χ0n) is 8.53. The molecule has 0 aromatic heterocycles. The lowest BCUT2D eigenvalue weighted by atomic mass is 9.91. The quantitative estimate of drug-likeness (QED) is 0.743. The molecule has 3 heteroatoms. The van der Waals surface area contributed by atoms with Crippen LogP contribution in [0.1, 0.15) is 18.4 Å². The SMILES string of the molecule is CC1=CCOCC1c1cccc(Cl)c1O. The molecule has 2 nitrogen and oxygen atoms in total. The Morgan fingerprint density at radius 3 is 3.00 bits per heavy atom. The van der Waals surface area contributed by atoms with Crippen LogP contribution in [0.5, 0.6) is 5.75 Å². The van der Waals surface area contributed by atoms with Gasteiger partial charge in [-0.05, 0) is 13.0 Å². The van der Waals surface area contributed by atoms with Crippen LogP contribution in [0.3, 0.4) is 0 Å². The summed E-state index contributed by atoms with van der Waals surface area (Å²) in [6.07, 6.45) is 2.04. The van der Waals surface area contributed by atoms with E-state index in [1.165, 1.54) is 5.57 Å². The summed E-state index contributed by atoms with van der Waals surface area (Å²) in [5.41, 5.74) is 2.06. The van der Waals surface area contributed by atoms with Crippen LogP contribution in [-0.4, -0.2) is 18.3 Å². The summed E-state index contributed by atoms with van der Waals surface area (Å²) in [4.78, 5) is 0. The first-order valence-corrected chi connectivity index (χ1v) is 5.29. The van der Waals surface area contributed by atoms with Crippen molar-refractivity contribution in [2.24, 2.45) is 0 Å². The average Bonchev–Trinajstić information content (AvgIpc) is 2.23. The standard InChI is InChI=1S/C12H13ClO2/c1-8-5-6-15-7-10(8)9-3-2-4-11(13)12(9)14/h2-5,10,14H,6-7H2,1H3. The molecule has 1 unspecified atom stereocenters. The molecule has 80 valence electrons. The van der Waals surface area contributed by atoms with Gasteiger partial charge in [-0.3, -0.25) is 0 Å². The molecule has 15 heavy (non-hydrogen) atoms. The van der Waals surface area contributed by atoms with Crippen molar-refractivity contribution < 1.29 is 9.84 Å². The van der Waals surface area contributed by atoms with Crippen LogP contribution < -0.4 is 0 Å². The maximum absolute atomic E-state index is 9.85. The first-order chi connectivity index (χ1) is 7.20. The number of halogens is 1. The molecule has 1 heterocycles. The van der Waals surface area contributed by atoms with Crippen LogP contribution in [-0.2, 0) is 4.74 Å². The predicted octanol–water partition coefficient (Wildman–Crippen LogP) is 3.11. The summed E-state index contributed by atoms with van der Waals surface area (Å²) in [6.45, 7) is 3.31. The van der Waals surface area contributed by atoms with E-state index in [4.69, 9.17) is 16.3 Å². The number of ether oxygens (including phenoxy) is 1. The van der Waals surface area contributed by atoms with Crippen molar-refractivity contribution in [3.8, 4) is 5.75 Å². The number of rotatable bonds is 1. The second-order valence-electron chi connectivity index (χ2n) is 3.72. The van der Waals surface area contributed by atoms with E-state index in [9.17, 15) is 5.11 Å². The highest BCUT2D eigenvalue weighted by Gasteiger charge is 2.20. The molecule has 2 rings (SSSR count). The lowest BCUT2D eigenvalue weighted by molar-refractivity contribution is 0.140. The van der Waals surface area contributed by atoms with Crippen molar-refractivity contribution in [3.05, 3.63) is 40.4 Å². The molecular formula is C12H13ClO2. The van der Waals surface area contributed by atoms with E-state index in [1.54, 1.807) is 6.07 Å². The summed E-state index contributed by atoms with van der Waals surface area (Å²) in [5, 5.41) is 10.2. The van der Waals surface area contributed by atoms with Crippen molar-refractivity contribution in [1.82, 2.24) is 0 Å². The van der Waals surface area contributed by atoms with Gasteiger partial charge in [0.05, 0.1) is 18.2 Å². The molecule has 1 aliphatic rings. The Hall–Kier alpha value is -0.990. The Bertz CT molecular complexity index is 399. The zero-order valence-corrected chi connectivity index (χ0v) is 9.29. The van der Waals surface area contributed by atoms with Crippen LogP contribution in [0.15, 0.2) is 29.8 Å². The fourth-order valence-corrected chi connectivity index (χ4v) is 1.98. The van der Waals surface area contributed by atoms with Gasteiger partial charge in [-0.1, -0.05) is 35.4 Å². The molecule has 1 aliphatic heterocycles. The molecule has 0 spiro atoms. The van der Waals surface area contributed by atoms with Crippen LogP contribution in [0.4, 0.5) is 0 Å². The molecule has 1 atom stereocenters. The molecule has 1 N–H and O–H groups in total. The largest absolute Gasteiger partial charge is 0.506 e. The van der Waals surface area contributed by atoms with Gasteiger partial charge in [-0.25, -0.2) is 0 Å². The maximum atomic E-state index is 9.85. The van der Waals surface area contributed by atoms with E-state index in [0.717, 1.165) is 5.56 Å². The normalized spacial score (nSPS) is 21.2. The van der Waals surface area contributed by atoms with E-state index >= 15 is 0 Å². The number of phenols is 1. The van der Waals surface area contributed by atoms with Gasteiger partial charge in [-0.15, -0.1) is 0 Å². The summed E-state index contributed by atoms with van der Waals surface area (Å²) in [7, 11) is 0. The Morgan fingerprint density at radius 1 is 1.47 bits per heavy atom. The third-order valence-electron chi connectivity index (χ3n) is 2.75. The smallest absolute Gasteiger partial charge is 0.138 e. The lowest BCUT2D eigenvalue weighted by Gasteiger charge is -2.23. The fraction of sp³-hybridized carbons (Fsp3) is 0.333. The number of aromatic hydroxyl groups is 1. The highest BCUT2D eigenvalue weighted by Crippen LogP contribution is 2.36. The number of phenolic OH excluding ortho intramolecular Hbond substituents is 1. The van der Waals surface area contributed by atoms with Gasteiger partial charge in [0.2, 0.25) is 0 Å². The summed E-state index contributed by atoms with van der Waals surface area (Å²) < 4.78 is 5.37. The highest BCUT2D eigenvalue weighted by molar-refractivity contribution is 6.32. The van der Waals surface area contributed by atoms with Gasteiger partial charge in [-0.2, -0.15) is 0 Å². The zero-order chi connectivity index (χ0) is 10.8. The molecule has 0 radical (unpaired) electrons. The van der Waals surface area contributed by atoms with Crippen LogP contribution >= 0.6 is 11.6 Å². The van der Waals surface area contributed by atoms with E-state index < -0.39 is 0 Å².